The van der Waals surface area contributed by atoms with Gasteiger partial charge in [-0.1, -0.05) is 424 Å². The maximum Gasteiger partial charge on any atom is 0.0714 e. The summed E-state index contributed by atoms with van der Waals surface area (Å²) in [6, 6.07) is 194. The van der Waals surface area contributed by atoms with E-state index in [1.165, 1.54) is 176 Å². The Hall–Kier alpha value is -17.0. The second-order valence-corrected chi connectivity index (χ2v) is 36.0. The average Bonchev–Trinajstić information content (AvgIpc) is 1.54. The third-order valence-corrected chi connectivity index (χ3v) is 28.1. The number of benzene rings is 22. The van der Waals surface area contributed by atoms with Gasteiger partial charge in [0.1, 0.15) is 0 Å². The normalized spacial score (nSPS) is 12.4. The first kappa shape index (κ1) is 83.4. The summed E-state index contributed by atoms with van der Waals surface area (Å²) in [7, 11) is 0. The van der Waals surface area contributed by atoms with E-state index in [1.54, 1.807) is 0 Å². The molecule has 22 aromatic carbocycles. The van der Waals surface area contributed by atoms with E-state index >= 15 is 0 Å². The number of anilines is 5. The van der Waals surface area contributed by atoms with Crippen molar-refractivity contribution in [2.75, 3.05) is 10.2 Å². The molecular weight excluding hydrogens is 1710 g/mol. The molecule has 0 bridgehead atoms. The number of nitrogens with one attached hydrogen (secondary N) is 1. The molecule has 0 unspecified atom stereocenters. The van der Waals surface area contributed by atoms with Crippen LogP contribution in [0.4, 0.5) is 28.4 Å². The Labute approximate surface area is 802 Å². The molecule has 2 aliphatic carbocycles. The molecule has 2 heterocycles. The third-order valence-electron chi connectivity index (χ3n) is 27.6. The maximum atomic E-state index is 3.65. The second kappa shape index (κ2) is 35.6. The summed E-state index contributed by atoms with van der Waals surface area (Å²) < 4.78 is 6.01. The standard InChI is InChI=1S/C65H44N2.C49H32BrN.C16H13N.CH4/c1-4-24-50(25-5-1)65(51-26-6-2-7-27-51)60-34-14-12-32-56(60)57-39-38-54(44-61(57)65)67-63-35-15-13-33-58(63)59-43-49(37-40-64(59)67)47-22-16-21-46(41-47)48-23-17-30-53(42-48)66(52-28-8-3-9-29-52)62-36-18-20-45-19-10-11-31-55(45)62;50-39-20-12-15-35(30-39)33-13-11-14-34(29-33)36-25-28-48-44(31-36)43-22-8-10-24-47(43)51(48)40-26-27-42-41-21-7-9-23-45(41)49(46(42)32-40,37-16-3-1-4-17-37)38-18-5-2-6-19-38;1-2-9-14(10-3-1)17-16-12-6-8-13-7-4-5-11-15(13)16;/h1-44H;1-32H;1-12,17H;1H4. The number of nitrogens with zero attached hydrogens (tertiary/aromatic N) is 3. The van der Waals surface area contributed by atoms with E-state index in [1.807, 2.05) is 18.2 Å². The maximum absolute atomic E-state index is 3.65. The van der Waals surface area contributed by atoms with E-state index in [0.717, 1.165) is 44.3 Å². The molecule has 24 aromatic rings. The van der Waals surface area contributed by atoms with E-state index in [9.17, 15) is 0 Å². The summed E-state index contributed by atoms with van der Waals surface area (Å²) in [5.41, 5.74) is 36.8. The largest absolute Gasteiger partial charge is 0.355 e. The van der Waals surface area contributed by atoms with Crippen LogP contribution in [0.25, 0.3) is 143 Å². The summed E-state index contributed by atoms with van der Waals surface area (Å²) in [5, 5.41) is 13.4. The van der Waals surface area contributed by atoms with Crippen LogP contribution in [0.3, 0.4) is 0 Å². The van der Waals surface area contributed by atoms with E-state index in [0.29, 0.717) is 0 Å². The van der Waals surface area contributed by atoms with Gasteiger partial charge in [0.25, 0.3) is 0 Å². The topological polar surface area (TPSA) is 25.1 Å². The summed E-state index contributed by atoms with van der Waals surface area (Å²) in [6.45, 7) is 0. The highest BCUT2D eigenvalue weighted by Gasteiger charge is 2.48. The Balaban J connectivity index is 0.000000132. The molecule has 4 nitrogen and oxygen atoms in total. The van der Waals surface area contributed by atoms with Gasteiger partial charge in [0.2, 0.25) is 0 Å². The van der Waals surface area contributed by atoms with Crippen molar-refractivity contribution in [3.05, 3.63) is 583 Å². The number of fused-ring (bicyclic) bond motifs is 14. The lowest BCUT2D eigenvalue weighted by atomic mass is 9.67. The molecule has 26 rings (SSSR count). The minimum absolute atomic E-state index is 0. The van der Waals surface area contributed by atoms with Crippen LogP contribution in [0, 0.1) is 0 Å². The molecule has 0 amide bonds. The number of halogens is 1. The van der Waals surface area contributed by atoms with E-state index < -0.39 is 10.8 Å². The molecule has 0 aliphatic heterocycles. The molecule has 0 radical (unpaired) electrons. The van der Waals surface area contributed by atoms with Crippen molar-refractivity contribution in [1.29, 1.82) is 0 Å². The number of rotatable bonds is 15. The predicted octanol–water partition coefficient (Wildman–Crippen LogP) is 35.6. The van der Waals surface area contributed by atoms with Crippen LogP contribution in [0.5, 0.6) is 0 Å². The quantitative estimate of drug-likeness (QED) is 0.111. The molecule has 0 spiro atoms. The van der Waals surface area contributed by atoms with Crippen LogP contribution >= 0.6 is 15.9 Å². The van der Waals surface area contributed by atoms with Gasteiger partial charge in [-0.15, -0.1) is 0 Å². The molecule has 644 valence electrons. The highest BCUT2D eigenvalue weighted by atomic mass is 79.9. The first-order chi connectivity index (χ1) is 66.9. The van der Waals surface area contributed by atoms with Crippen molar-refractivity contribution in [3.63, 3.8) is 0 Å². The average molecular weight is 1800 g/mol. The fraction of sp³-hybridized carbons (Fsp3) is 0.0229. The van der Waals surface area contributed by atoms with Crippen LogP contribution in [-0.4, -0.2) is 9.13 Å². The molecule has 2 aromatic heterocycles. The van der Waals surface area contributed by atoms with Gasteiger partial charge in [-0.3, -0.25) is 0 Å². The van der Waals surface area contributed by atoms with Gasteiger partial charge in [0, 0.05) is 70.9 Å². The summed E-state index contributed by atoms with van der Waals surface area (Å²) in [5.74, 6) is 0. The van der Waals surface area contributed by atoms with Gasteiger partial charge in [0.15, 0.2) is 0 Å². The Bertz CT molecular complexity index is 8510. The Morgan fingerprint density at radius 3 is 1.04 bits per heavy atom. The molecular formula is C131H93BrN4. The van der Waals surface area contributed by atoms with Gasteiger partial charge in [0.05, 0.1) is 38.6 Å². The van der Waals surface area contributed by atoms with Crippen molar-refractivity contribution in [2.45, 2.75) is 18.3 Å². The van der Waals surface area contributed by atoms with E-state index in [2.05, 4.69) is 551 Å². The lowest BCUT2D eigenvalue weighted by Gasteiger charge is -2.34. The van der Waals surface area contributed by atoms with Gasteiger partial charge >= 0.3 is 0 Å². The number of para-hydroxylation sites is 4. The van der Waals surface area contributed by atoms with Crippen LogP contribution in [0.1, 0.15) is 51.9 Å². The molecule has 136 heavy (non-hydrogen) atoms. The molecule has 5 heteroatoms. The minimum Gasteiger partial charge on any atom is -0.355 e. The lowest BCUT2D eigenvalue weighted by molar-refractivity contribution is 0.767. The number of hydrogen-bond acceptors (Lipinski definition) is 2. The molecule has 0 saturated carbocycles. The van der Waals surface area contributed by atoms with Crippen molar-refractivity contribution in [1.82, 2.24) is 9.13 Å². The van der Waals surface area contributed by atoms with Crippen molar-refractivity contribution >= 4 is 110 Å². The van der Waals surface area contributed by atoms with Crippen molar-refractivity contribution < 1.29 is 0 Å². The molecule has 0 saturated heterocycles. The Kier molecular flexibility index (Phi) is 21.8. The van der Waals surface area contributed by atoms with Gasteiger partial charge in [-0.05, 0) is 256 Å². The van der Waals surface area contributed by atoms with Crippen LogP contribution < -0.4 is 10.2 Å². The second-order valence-electron chi connectivity index (χ2n) is 35.1. The highest BCUT2D eigenvalue weighted by Crippen LogP contribution is 2.59. The van der Waals surface area contributed by atoms with Crippen molar-refractivity contribution in [3.8, 4) is 78.1 Å². The fourth-order valence-corrected chi connectivity index (χ4v) is 22.1. The fourth-order valence-electron chi connectivity index (χ4n) is 21.7. The summed E-state index contributed by atoms with van der Waals surface area (Å²) in [6.07, 6.45) is 0. The minimum atomic E-state index is -0.476. The van der Waals surface area contributed by atoms with E-state index in [4.69, 9.17) is 0 Å². The third kappa shape index (κ3) is 14.6. The van der Waals surface area contributed by atoms with Gasteiger partial charge in [-0.2, -0.15) is 0 Å². The Morgan fingerprint density at radius 2 is 0.551 bits per heavy atom. The number of aromatic nitrogens is 2. The van der Waals surface area contributed by atoms with Crippen LogP contribution in [0.2, 0.25) is 0 Å². The zero-order chi connectivity index (χ0) is 89.8. The first-order valence-electron chi connectivity index (χ1n) is 46.4. The predicted molar refractivity (Wildman–Crippen MR) is 578 cm³/mol. The van der Waals surface area contributed by atoms with Crippen LogP contribution in [0.15, 0.2) is 538 Å². The lowest BCUT2D eigenvalue weighted by Crippen LogP contribution is -2.28. The van der Waals surface area contributed by atoms with E-state index in [-0.39, 0.29) is 7.43 Å². The zero-order valence-electron chi connectivity index (χ0n) is 74.0. The smallest absolute Gasteiger partial charge is 0.0714 e. The zero-order valence-corrected chi connectivity index (χ0v) is 75.6. The Morgan fingerprint density at radius 1 is 0.213 bits per heavy atom. The summed E-state index contributed by atoms with van der Waals surface area (Å²) >= 11 is 3.65. The first-order valence-corrected chi connectivity index (χ1v) is 47.1. The van der Waals surface area contributed by atoms with Crippen molar-refractivity contribution in [2.24, 2.45) is 0 Å². The number of hydrogen-bond donors (Lipinski definition) is 1. The summed E-state index contributed by atoms with van der Waals surface area (Å²) in [4.78, 5) is 2.38. The molecule has 0 fully saturated rings. The molecule has 1 N–H and O–H groups in total. The highest BCUT2D eigenvalue weighted by molar-refractivity contribution is 9.10. The molecule has 0 atom stereocenters. The SMILES string of the molecule is Brc1cccc(-c2cccc(-c3ccc4c(c3)c3ccccc3n4-c3ccc4c(c3)C(c3ccccc3)(c3ccccc3)c3ccccc3-4)c2)c1.C.c1ccc(N(c2cccc(-c3cccc(-c4ccc5c(c4)c4ccccc4n5-c4ccc5c(c4)C(c4ccccc4)(c4ccccc4)c4ccccc4-5)c3)c2)c2cccc3ccccc23)cc1.c1ccc(Nc2cccc3ccccc23)cc1. The van der Waals surface area contributed by atoms with Gasteiger partial charge < -0.3 is 19.4 Å². The van der Waals surface area contributed by atoms with Gasteiger partial charge in [-0.25, -0.2) is 0 Å². The van der Waals surface area contributed by atoms with Crippen LogP contribution in [-0.2, 0) is 10.8 Å². The molecule has 2 aliphatic rings. The monoisotopic (exact) mass is 1800 g/mol.